The van der Waals surface area contributed by atoms with Crippen molar-refractivity contribution in [2.75, 3.05) is 39.6 Å². The van der Waals surface area contributed by atoms with Gasteiger partial charge in [0.05, 0.1) is 25.4 Å². The molecule has 0 bridgehead atoms. The molecular weight excluding hydrogens is 246 g/mol. The highest BCUT2D eigenvalue weighted by molar-refractivity contribution is 5.81. The molecule has 0 aromatic heterocycles. The quantitative estimate of drug-likeness (QED) is 0.809. The van der Waals surface area contributed by atoms with E-state index in [1.54, 1.807) is 0 Å². The van der Waals surface area contributed by atoms with E-state index >= 15 is 0 Å². The van der Waals surface area contributed by atoms with Gasteiger partial charge in [-0.2, -0.15) is 0 Å². The molecule has 0 saturated carbocycles. The first-order valence-electron chi connectivity index (χ1n) is 7.33. The summed E-state index contributed by atoms with van der Waals surface area (Å²) in [5.74, 6) is 0.497. The van der Waals surface area contributed by atoms with E-state index in [4.69, 9.17) is 14.2 Å². The third kappa shape index (κ3) is 3.16. The predicted octanol–water partition coefficient (Wildman–Crippen LogP) is 0.520. The second kappa shape index (κ2) is 5.87. The van der Waals surface area contributed by atoms with E-state index in [0.717, 1.165) is 39.0 Å². The van der Waals surface area contributed by atoms with Gasteiger partial charge in [0.1, 0.15) is 5.78 Å². The Kier molecular flexibility index (Phi) is 4.17. The van der Waals surface area contributed by atoms with Gasteiger partial charge in [-0.05, 0) is 12.8 Å². The number of hydrogen-bond acceptors (Lipinski definition) is 5. The Labute approximate surface area is 114 Å². The van der Waals surface area contributed by atoms with Gasteiger partial charge in [-0.15, -0.1) is 0 Å². The van der Waals surface area contributed by atoms with Crippen LogP contribution in [0, 0.1) is 5.92 Å². The largest absolute Gasteiger partial charge is 0.379 e. The van der Waals surface area contributed by atoms with Crippen molar-refractivity contribution in [3.8, 4) is 0 Å². The fourth-order valence-electron chi connectivity index (χ4n) is 3.33. The summed E-state index contributed by atoms with van der Waals surface area (Å²) in [6, 6.07) is 0.194. The monoisotopic (exact) mass is 269 g/mol. The van der Waals surface area contributed by atoms with Crippen molar-refractivity contribution >= 4 is 5.78 Å². The summed E-state index contributed by atoms with van der Waals surface area (Å²) in [6.45, 7) is 4.37. The Morgan fingerprint density at radius 1 is 1.26 bits per heavy atom. The number of Topliss-reactive ketones (excluding diaryl/α,β-unsaturated/α-hetero) is 1. The average molecular weight is 269 g/mol. The maximum Gasteiger partial charge on any atom is 0.137 e. The molecular formula is C14H23NO4. The molecule has 5 nitrogen and oxygen atoms in total. The third-order valence-electron chi connectivity index (χ3n) is 4.46. The number of ether oxygens (including phenoxy) is 3. The van der Waals surface area contributed by atoms with E-state index in [9.17, 15) is 4.79 Å². The molecule has 0 aromatic carbocycles. The Hall–Kier alpha value is -0.490. The first-order chi connectivity index (χ1) is 9.27. The number of rotatable bonds is 3. The molecule has 1 spiro atoms. The van der Waals surface area contributed by atoms with Crippen molar-refractivity contribution in [1.29, 1.82) is 0 Å². The summed E-state index contributed by atoms with van der Waals surface area (Å²) in [4.78, 5) is 12.4. The van der Waals surface area contributed by atoms with Crippen molar-refractivity contribution in [3.05, 3.63) is 0 Å². The van der Waals surface area contributed by atoms with Crippen LogP contribution in [0.1, 0.15) is 25.7 Å². The van der Waals surface area contributed by atoms with Crippen LogP contribution in [0.5, 0.6) is 0 Å². The maximum atomic E-state index is 12.4. The van der Waals surface area contributed by atoms with E-state index < -0.39 is 0 Å². The Balaban J connectivity index is 1.54. The average Bonchev–Trinajstić information content (AvgIpc) is 2.88. The highest BCUT2D eigenvalue weighted by Crippen LogP contribution is 2.36. The van der Waals surface area contributed by atoms with E-state index in [1.165, 1.54) is 0 Å². The van der Waals surface area contributed by atoms with Crippen molar-refractivity contribution in [2.24, 2.45) is 5.92 Å². The number of nitrogens with one attached hydrogen (secondary N) is 1. The molecule has 0 amide bonds. The summed E-state index contributed by atoms with van der Waals surface area (Å²) in [5, 5.41) is 3.35. The molecule has 19 heavy (non-hydrogen) atoms. The second-order valence-electron chi connectivity index (χ2n) is 5.92. The molecule has 3 heterocycles. The zero-order valence-corrected chi connectivity index (χ0v) is 11.4. The molecule has 3 atom stereocenters. The zero-order chi connectivity index (χ0) is 13.1. The van der Waals surface area contributed by atoms with Crippen LogP contribution < -0.4 is 5.32 Å². The Bertz CT molecular complexity index is 321. The molecule has 3 fully saturated rings. The lowest BCUT2D eigenvalue weighted by molar-refractivity contribution is -0.138. The Morgan fingerprint density at radius 2 is 2.21 bits per heavy atom. The molecule has 3 saturated heterocycles. The molecule has 108 valence electrons. The van der Waals surface area contributed by atoms with Gasteiger partial charge in [-0.25, -0.2) is 0 Å². The van der Waals surface area contributed by atoms with Crippen molar-refractivity contribution in [2.45, 2.75) is 37.3 Å². The third-order valence-corrected chi connectivity index (χ3v) is 4.46. The van der Waals surface area contributed by atoms with Gasteiger partial charge in [0.25, 0.3) is 0 Å². The van der Waals surface area contributed by atoms with Gasteiger partial charge >= 0.3 is 0 Å². The first kappa shape index (κ1) is 13.5. The fraction of sp³-hybridized carbons (Fsp3) is 0.929. The van der Waals surface area contributed by atoms with E-state index in [-0.39, 0.29) is 17.6 Å². The normalized spacial score (nSPS) is 39.6. The van der Waals surface area contributed by atoms with Gasteiger partial charge in [-0.1, -0.05) is 0 Å². The fourth-order valence-corrected chi connectivity index (χ4v) is 3.33. The van der Waals surface area contributed by atoms with E-state index in [1.807, 2.05) is 0 Å². The molecule has 0 aliphatic carbocycles. The lowest BCUT2D eigenvalue weighted by Gasteiger charge is -2.37. The topological polar surface area (TPSA) is 56.8 Å². The van der Waals surface area contributed by atoms with Crippen LogP contribution in [0.15, 0.2) is 0 Å². The summed E-state index contributed by atoms with van der Waals surface area (Å²) < 4.78 is 16.7. The number of carbonyl (C=O) groups excluding carboxylic acids is 1. The minimum atomic E-state index is -0.172. The van der Waals surface area contributed by atoms with Crippen LogP contribution in [-0.2, 0) is 19.0 Å². The van der Waals surface area contributed by atoms with Gasteiger partial charge in [0, 0.05) is 44.6 Å². The van der Waals surface area contributed by atoms with Crippen molar-refractivity contribution in [3.63, 3.8) is 0 Å². The first-order valence-corrected chi connectivity index (χ1v) is 7.33. The summed E-state index contributed by atoms with van der Waals surface area (Å²) in [5.41, 5.74) is -0.172. The van der Waals surface area contributed by atoms with Crippen LogP contribution in [-0.4, -0.2) is 57.0 Å². The van der Waals surface area contributed by atoms with Crippen LogP contribution >= 0.6 is 0 Å². The SMILES string of the molecule is O=C(CC1COCCN1)C1CCOC2(CCOC2)C1. The van der Waals surface area contributed by atoms with Crippen LogP contribution in [0.2, 0.25) is 0 Å². The van der Waals surface area contributed by atoms with Crippen LogP contribution in [0.4, 0.5) is 0 Å². The van der Waals surface area contributed by atoms with E-state index in [0.29, 0.717) is 32.0 Å². The van der Waals surface area contributed by atoms with Crippen LogP contribution in [0.25, 0.3) is 0 Å². The lowest BCUT2D eigenvalue weighted by Crippen LogP contribution is -2.46. The number of carbonyl (C=O) groups is 1. The molecule has 3 aliphatic rings. The van der Waals surface area contributed by atoms with E-state index in [2.05, 4.69) is 5.32 Å². The van der Waals surface area contributed by atoms with Crippen molar-refractivity contribution < 1.29 is 19.0 Å². The molecule has 0 radical (unpaired) electrons. The predicted molar refractivity (Wildman–Crippen MR) is 69.1 cm³/mol. The van der Waals surface area contributed by atoms with Gasteiger partial charge in [0.2, 0.25) is 0 Å². The molecule has 3 rings (SSSR count). The molecule has 3 aliphatic heterocycles. The molecule has 1 N–H and O–H groups in total. The van der Waals surface area contributed by atoms with Gasteiger partial charge in [0.15, 0.2) is 0 Å². The molecule has 0 aromatic rings. The van der Waals surface area contributed by atoms with Gasteiger partial charge < -0.3 is 19.5 Å². The number of hydrogen-bond donors (Lipinski definition) is 1. The number of ketones is 1. The highest BCUT2D eigenvalue weighted by atomic mass is 16.6. The summed E-state index contributed by atoms with van der Waals surface area (Å²) >= 11 is 0. The summed E-state index contributed by atoms with van der Waals surface area (Å²) in [6.07, 6.45) is 3.21. The zero-order valence-electron chi connectivity index (χ0n) is 11.4. The highest BCUT2D eigenvalue weighted by Gasteiger charge is 2.43. The van der Waals surface area contributed by atoms with Gasteiger partial charge in [-0.3, -0.25) is 4.79 Å². The van der Waals surface area contributed by atoms with Crippen molar-refractivity contribution in [1.82, 2.24) is 5.32 Å². The summed E-state index contributed by atoms with van der Waals surface area (Å²) in [7, 11) is 0. The van der Waals surface area contributed by atoms with Crippen LogP contribution in [0.3, 0.4) is 0 Å². The Morgan fingerprint density at radius 3 is 2.95 bits per heavy atom. The lowest BCUT2D eigenvalue weighted by atomic mass is 9.81. The molecule has 5 heteroatoms. The standard InChI is InChI=1S/C14H23NO4/c16-13(7-12-9-17-6-3-15-12)11-1-4-19-14(8-11)2-5-18-10-14/h11-12,15H,1-10H2. The second-order valence-corrected chi connectivity index (χ2v) is 5.92. The molecule has 3 unspecified atom stereocenters. The minimum absolute atomic E-state index is 0.138. The minimum Gasteiger partial charge on any atom is -0.379 e. The smallest absolute Gasteiger partial charge is 0.137 e. The number of morpholine rings is 1. The maximum absolute atomic E-state index is 12.4.